The van der Waals surface area contributed by atoms with Gasteiger partial charge in [0.2, 0.25) is 0 Å². The second-order valence-corrected chi connectivity index (χ2v) is 8.01. The summed E-state index contributed by atoms with van der Waals surface area (Å²) in [4.78, 5) is 0. The van der Waals surface area contributed by atoms with Gasteiger partial charge in [0, 0.05) is 22.8 Å². The highest BCUT2D eigenvalue weighted by Gasteiger charge is 2.45. The van der Waals surface area contributed by atoms with Crippen LogP contribution in [0.15, 0.2) is 71.2 Å². The van der Waals surface area contributed by atoms with Crippen molar-refractivity contribution in [3.05, 3.63) is 89.0 Å². The van der Waals surface area contributed by atoms with Crippen molar-refractivity contribution in [2.24, 2.45) is 9.93 Å². The molecule has 0 amide bonds. The Balaban J connectivity index is 1.57. The van der Waals surface area contributed by atoms with Gasteiger partial charge >= 0.3 is 0 Å². The van der Waals surface area contributed by atoms with Crippen molar-refractivity contribution in [3.8, 4) is 22.9 Å². The van der Waals surface area contributed by atoms with Gasteiger partial charge in [0.25, 0.3) is 0 Å². The summed E-state index contributed by atoms with van der Waals surface area (Å²) in [5.74, 6) is 0.961. The lowest BCUT2D eigenvalue weighted by Crippen LogP contribution is -2.31. The lowest BCUT2D eigenvalue weighted by atomic mass is 9.75. The Morgan fingerprint density at radius 3 is 2.62 bits per heavy atom. The van der Waals surface area contributed by atoms with Crippen molar-refractivity contribution in [1.29, 1.82) is 5.26 Å². The van der Waals surface area contributed by atoms with E-state index < -0.39 is 0 Å². The molecule has 1 aliphatic heterocycles. The maximum absolute atomic E-state index is 9.22. The van der Waals surface area contributed by atoms with Crippen molar-refractivity contribution >= 4 is 17.5 Å². The molecule has 0 fully saturated rings. The number of nitriles is 1. The van der Waals surface area contributed by atoms with Crippen molar-refractivity contribution in [1.82, 2.24) is 0 Å². The minimum Gasteiger partial charge on any atom is -0.493 e. The summed E-state index contributed by atoms with van der Waals surface area (Å²) in [6.07, 6.45) is 2.65. The number of rotatable bonds is 1. The van der Waals surface area contributed by atoms with Gasteiger partial charge < -0.3 is 4.74 Å². The van der Waals surface area contributed by atoms with E-state index in [4.69, 9.17) is 16.5 Å². The van der Waals surface area contributed by atoms with Crippen molar-refractivity contribution in [3.63, 3.8) is 0 Å². The van der Waals surface area contributed by atoms with Crippen LogP contribution in [-0.2, 0) is 12.8 Å². The summed E-state index contributed by atoms with van der Waals surface area (Å²) in [7, 11) is 0. The van der Waals surface area contributed by atoms with Crippen LogP contribution in [0.4, 0.5) is 0 Å². The first kappa shape index (κ1) is 18.0. The number of ether oxygens (including phenoxy) is 1. The highest BCUT2D eigenvalue weighted by atomic mass is 35.5. The molecule has 1 spiro atoms. The highest BCUT2D eigenvalue weighted by Crippen LogP contribution is 2.46. The van der Waals surface area contributed by atoms with Gasteiger partial charge in [0.05, 0.1) is 24.0 Å². The Bertz CT molecular complexity index is 1180. The minimum atomic E-state index is -0.149. The molecule has 1 unspecified atom stereocenters. The van der Waals surface area contributed by atoms with E-state index in [1.165, 1.54) is 11.1 Å². The van der Waals surface area contributed by atoms with Gasteiger partial charge in [0.15, 0.2) is 0 Å². The lowest BCUT2D eigenvalue weighted by Gasteiger charge is -2.27. The van der Waals surface area contributed by atoms with E-state index in [2.05, 4.69) is 40.9 Å². The average Bonchev–Trinajstić information content (AvgIpc) is 2.93. The molecule has 0 saturated carbocycles. The number of benzene rings is 3. The molecule has 142 valence electrons. The first-order chi connectivity index (χ1) is 14.2. The summed E-state index contributed by atoms with van der Waals surface area (Å²) < 4.78 is 10.3. The topological polar surface area (TPSA) is 45.4 Å². The fourth-order valence-corrected chi connectivity index (χ4v) is 4.99. The average molecular weight is 399 g/mol. The molecule has 1 atom stereocenters. The second-order valence-electron chi connectivity index (χ2n) is 7.84. The molecular weight excluding hydrogens is 380 g/mol. The third-order valence-electron chi connectivity index (χ3n) is 6.15. The zero-order valence-electron chi connectivity index (χ0n) is 15.9. The SMILES string of the molecule is N#Cc1cccc(-c2ccc3c(c2)/C(=N/Cl)C2(CCOc4ccccc4C2)C3)c1. The van der Waals surface area contributed by atoms with E-state index in [0.29, 0.717) is 12.2 Å². The largest absolute Gasteiger partial charge is 0.493 e. The van der Waals surface area contributed by atoms with Gasteiger partial charge in [-0.05, 0) is 65.8 Å². The van der Waals surface area contributed by atoms with Crippen LogP contribution in [0.1, 0.15) is 28.7 Å². The van der Waals surface area contributed by atoms with E-state index in [1.54, 1.807) is 0 Å². The second kappa shape index (κ2) is 7.06. The normalized spacial score (nSPS) is 21.2. The third kappa shape index (κ3) is 3.01. The number of para-hydroxylation sites is 1. The fraction of sp³-hybridized carbons (Fsp3) is 0.200. The summed E-state index contributed by atoms with van der Waals surface area (Å²) in [6.45, 7) is 0.651. The quantitative estimate of drug-likeness (QED) is 0.525. The van der Waals surface area contributed by atoms with Crippen molar-refractivity contribution in [2.75, 3.05) is 6.61 Å². The molecule has 5 rings (SSSR count). The van der Waals surface area contributed by atoms with E-state index in [9.17, 15) is 5.26 Å². The molecule has 0 saturated heterocycles. The van der Waals surface area contributed by atoms with Crippen molar-refractivity contribution in [2.45, 2.75) is 19.3 Å². The van der Waals surface area contributed by atoms with E-state index in [0.717, 1.165) is 47.4 Å². The van der Waals surface area contributed by atoms with Gasteiger partial charge in [-0.3, -0.25) is 0 Å². The first-order valence-corrected chi connectivity index (χ1v) is 10.1. The summed E-state index contributed by atoms with van der Waals surface area (Å²) in [6, 6.07) is 24.6. The van der Waals surface area contributed by atoms with Crippen LogP contribution in [0.25, 0.3) is 11.1 Å². The smallest absolute Gasteiger partial charge is 0.122 e. The third-order valence-corrected chi connectivity index (χ3v) is 6.31. The molecule has 4 heteroatoms. The van der Waals surface area contributed by atoms with Crippen LogP contribution in [-0.4, -0.2) is 12.3 Å². The number of hydrogen-bond acceptors (Lipinski definition) is 3. The maximum Gasteiger partial charge on any atom is 0.122 e. The van der Waals surface area contributed by atoms with E-state index >= 15 is 0 Å². The molecule has 0 radical (unpaired) electrons. The van der Waals surface area contributed by atoms with Gasteiger partial charge in [-0.1, -0.05) is 42.5 Å². The molecule has 3 nitrogen and oxygen atoms in total. The first-order valence-electron chi connectivity index (χ1n) is 9.76. The van der Waals surface area contributed by atoms with Gasteiger partial charge in [0.1, 0.15) is 5.75 Å². The number of hydrogen-bond donors (Lipinski definition) is 0. The zero-order valence-corrected chi connectivity index (χ0v) is 16.6. The Morgan fingerprint density at radius 2 is 1.76 bits per heavy atom. The molecule has 29 heavy (non-hydrogen) atoms. The highest BCUT2D eigenvalue weighted by molar-refractivity contribution is 6.25. The number of nitrogens with zero attached hydrogens (tertiary/aromatic N) is 2. The van der Waals surface area contributed by atoms with E-state index in [1.807, 2.05) is 36.4 Å². The lowest BCUT2D eigenvalue weighted by molar-refractivity contribution is 0.273. The fourth-order valence-electron chi connectivity index (χ4n) is 4.72. The van der Waals surface area contributed by atoms with Gasteiger partial charge in [-0.25, -0.2) is 0 Å². The van der Waals surface area contributed by atoms with Crippen LogP contribution in [0.3, 0.4) is 0 Å². The standard InChI is InChI=1S/C25H19ClN2O/c26-28-24-22-13-19(18-6-3-4-17(12-18)16-27)8-9-20(22)14-25(24)10-11-29-23-7-2-1-5-21(23)15-25/h1-9,12-13H,10-11,14-15H2/b28-24-. The molecule has 1 aliphatic carbocycles. The maximum atomic E-state index is 9.22. The predicted octanol–water partition coefficient (Wildman–Crippen LogP) is 5.74. The van der Waals surface area contributed by atoms with Gasteiger partial charge in [-0.2, -0.15) is 9.77 Å². The van der Waals surface area contributed by atoms with Crippen molar-refractivity contribution < 1.29 is 4.74 Å². The van der Waals surface area contributed by atoms with Crippen LogP contribution < -0.4 is 4.74 Å². The summed E-state index contributed by atoms with van der Waals surface area (Å²) in [5, 5.41) is 9.22. The molecule has 2 aliphatic rings. The Kier molecular flexibility index (Phi) is 4.38. The Labute approximate surface area is 175 Å². The molecule has 3 aromatic carbocycles. The summed E-state index contributed by atoms with van der Waals surface area (Å²) >= 11 is 6.19. The molecule has 1 heterocycles. The summed E-state index contributed by atoms with van der Waals surface area (Å²) in [5.41, 5.74) is 7.14. The number of fused-ring (bicyclic) bond motifs is 2. The van der Waals surface area contributed by atoms with Crippen LogP contribution in [0.5, 0.6) is 5.75 Å². The van der Waals surface area contributed by atoms with Crippen LogP contribution in [0, 0.1) is 16.7 Å². The van der Waals surface area contributed by atoms with Gasteiger partial charge in [-0.15, -0.1) is 0 Å². The molecular formula is C25H19ClN2O. The molecule has 0 bridgehead atoms. The Hall–Kier alpha value is -3.09. The minimum absolute atomic E-state index is 0.149. The van der Waals surface area contributed by atoms with Crippen LogP contribution in [0.2, 0.25) is 0 Å². The molecule has 0 N–H and O–H groups in total. The van der Waals surface area contributed by atoms with E-state index in [-0.39, 0.29) is 5.41 Å². The molecule has 3 aromatic rings. The Morgan fingerprint density at radius 1 is 0.931 bits per heavy atom. The number of halogens is 1. The molecule has 0 aromatic heterocycles. The predicted molar refractivity (Wildman–Crippen MR) is 115 cm³/mol. The van der Waals surface area contributed by atoms with Crippen LogP contribution >= 0.6 is 11.8 Å². The zero-order chi connectivity index (χ0) is 19.8. The monoisotopic (exact) mass is 398 g/mol.